The lowest BCUT2D eigenvalue weighted by Gasteiger charge is -2.15. The Morgan fingerprint density at radius 3 is 2.58 bits per heavy atom. The first-order valence-electron chi connectivity index (χ1n) is 9.05. The van der Waals surface area contributed by atoms with Crippen molar-refractivity contribution >= 4 is 40.1 Å². The fourth-order valence-corrected chi connectivity index (χ4v) is 3.75. The van der Waals surface area contributed by atoms with Crippen molar-refractivity contribution in [3.63, 3.8) is 0 Å². The Labute approximate surface area is 178 Å². The second-order valence-corrected chi connectivity index (χ2v) is 7.43. The normalized spacial score (nSPS) is 10.8. The number of benzene rings is 2. The molecule has 4 aromatic rings. The van der Waals surface area contributed by atoms with Gasteiger partial charge in [0.25, 0.3) is 11.1 Å². The van der Waals surface area contributed by atoms with Gasteiger partial charge in [0.1, 0.15) is 11.6 Å². The molecular formula is C20H16N6O4S. The molecule has 2 aromatic heterocycles. The molecule has 1 amide bonds. The van der Waals surface area contributed by atoms with E-state index in [0.29, 0.717) is 5.69 Å². The number of fused-ring (bicyclic) bond motifs is 1. The maximum absolute atomic E-state index is 12.6. The van der Waals surface area contributed by atoms with Gasteiger partial charge in [-0.2, -0.15) is 0 Å². The second-order valence-electron chi connectivity index (χ2n) is 6.47. The summed E-state index contributed by atoms with van der Waals surface area (Å²) < 4.78 is 1.23. The van der Waals surface area contributed by atoms with Crippen molar-refractivity contribution in [3.05, 3.63) is 85.8 Å². The Morgan fingerprint density at radius 1 is 1.03 bits per heavy atom. The molecule has 10 nitrogen and oxygen atoms in total. The van der Waals surface area contributed by atoms with Gasteiger partial charge < -0.3 is 16.0 Å². The summed E-state index contributed by atoms with van der Waals surface area (Å²) in [7, 11) is 0. The number of aromatic nitrogens is 4. The number of nitrogens with two attached hydrogens (primary N) is 1. The molecule has 4 rings (SSSR count). The zero-order valence-electron chi connectivity index (χ0n) is 15.9. The van der Waals surface area contributed by atoms with Crippen molar-refractivity contribution in [2.45, 2.75) is 5.16 Å². The summed E-state index contributed by atoms with van der Waals surface area (Å²) in [4.78, 5) is 57.1. The summed E-state index contributed by atoms with van der Waals surface area (Å²) in [6.07, 6.45) is 0. The van der Waals surface area contributed by atoms with E-state index >= 15 is 0 Å². The van der Waals surface area contributed by atoms with Crippen LogP contribution in [0.1, 0.15) is 0 Å². The molecule has 0 saturated heterocycles. The summed E-state index contributed by atoms with van der Waals surface area (Å²) in [5.74, 6) is -0.590. The molecule has 0 unspecified atom stereocenters. The van der Waals surface area contributed by atoms with E-state index in [1.807, 2.05) is 30.3 Å². The molecule has 5 N–H and O–H groups in total. The van der Waals surface area contributed by atoms with Gasteiger partial charge in [0, 0.05) is 17.5 Å². The van der Waals surface area contributed by atoms with Gasteiger partial charge in [0.2, 0.25) is 5.91 Å². The summed E-state index contributed by atoms with van der Waals surface area (Å²) in [6, 6.07) is 15.1. The molecule has 0 aliphatic heterocycles. The van der Waals surface area contributed by atoms with Gasteiger partial charge in [-0.3, -0.25) is 19.4 Å². The van der Waals surface area contributed by atoms with Crippen LogP contribution >= 0.6 is 11.8 Å². The maximum atomic E-state index is 12.6. The first-order chi connectivity index (χ1) is 14.9. The lowest BCUT2D eigenvalue weighted by atomic mass is 10.1. The van der Waals surface area contributed by atoms with E-state index in [2.05, 4.69) is 20.3 Å². The van der Waals surface area contributed by atoms with Gasteiger partial charge in [0.05, 0.1) is 11.4 Å². The Hall–Kier alpha value is -4.12. The molecule has 0 bridgehead atoms. The molecule has 2 aromatic carbocycles. The molecule has 0 saturated carbocycles. The van der Waals surface area contributed by atoms with Crippen LogP contribution in [-0.4, -0.2) is 31.2 Å². The van der Waals surface area contributed by atoms with Crippen LogP contribution in [0.25, 0.3) is 16.5 Å². The van der Waals surface area contributed by atoms with E-state index in [-0.39, 0.29) is 22.5 Å². The number of carbonyl (C=O) groups excluding carboxylic acids is 1. The van der Waals surface area contributed by atoms with Crippen LogP contribution < -0.4 is 27.9 Å². The van der Waals surface area contributed by atoms with Crippen molar-refractivity contribution in [2.75, 3.05) is 16.8 Å². The van der Waals surface area contributed by atoms with Crippen LogP contribution in [0.4, 0.5) is 11.6 Å². The van der Waals surface area contributed by atoms with Gasteiger partial charge >= 0.3 is 5.69 Å². The summed E-state index contributed by atoms with van der Waals surface area (Å²) in [5, 5.41) is 4.43. The third-order valence-electron chi connectivity index (χ3n) is 4.30. The van der Waals surface area contributed by atoms with Crippen LogP contribution in [0.5, 0.6) is 0 Å². The number of H-pyrrole nitrogens is 2. The van der Waals surface area contributed by atoms with Crippen molar-refractivity contribution in [3.8, 4) is 5.69 Å². The Morgan fingerprint density at radius 2 is 1.77 bits per heavy atom. The molecule has 31 heavy (non-hydrogen) atoms. The maximum Gasteiger partial charge on any atom is 0.334 e. The van der Waals surface area contributed by atoms with E-state index in [4.69, 9.17) is 5.73 Å². The number of hydrogen-bond donors (Lipinski definition) is 4. The van der Waals surface area contributed by atoms with Gasteiger partial charge in [-0.15, -0.1) is 0 Å². The summed E-state index contributed by atoms with van der Waals surface area (Å²) in [6.45, 7) is 0. The van der Waals surface area contributed by atoms with Gasteiger partial charge in [-0.05, 0) is 11.5 Å². The quantitative estimate of drug-likeness (QED) is 0.269. The average molecular weight is 436 g/mol. The first-order valence-corrected chi connectivity index (χ1v) is 10.0. The minimum absolute atomic E-state index is 0.0183. The summed E-state index contributed by atoms with van der Waals surface area (Å²) >= 11 is 0.957. The molecule has 0 spiro atoms. The monoisotopic (exact) mass is 436 g/mol. The standard InChI is InChI=1S/C20H16N6O4S/c21-14-8-16(27)24-19(22-14)31-10-18(29)23-15-9-17(28)25-20(30)26(15)13-7-3-5-11-4-1-2-6-12(11)13/h1-9H,10H2,(H,23,29)(H,25,28,30)(H3,21,22,24,27). The van der Waals surface area contributed by atoms with Crippen LogP contribution in [0.3, 0.4) is 0 Å². The highest BCUT2D eigenvalue weighted by atomic mass is 32.2. The number of aromatic amines is 2. The SMILES string of the molecule is Nc1cc(=O)[nH]c(SCC(=O)Nc2cc(=O)[nH]c(=O)n2-c2cccc3ccccc23)n1. The van der Waals surface area contributed by atoms with E-state index < -0.39 is 22.7 Å². The third kappa shape index (κ3) is 4.41. The van der Waals surface area contributed by atoms with Crippen molar-refractivity contribution in [1.29, 1.82) is 0 Å². The van der Waals surface area contributed by atoms with Crippen molar-refractivity contribution in [2.24, 2.45) is 0 Å². The van der Waals surface area contributed by atoms with Crippen molar-refractivity contribution < 1.29 is 4.79 Å². The number of nitrogen functional groups attached to an aromatic ring is 1. The Kier molecular flexibility index (Phi) is 5.41. The molecule has 0 aliphatic carbocycles. The van der Waals surface area contributed by atoms with Crippen LogP contribution in [0.15, 0.2) is 74.1 Å². The molecule has 0 aliphatic rings. The average Bonchev–Trinajstić information content (AvgIpc) is 2.71. The zero-order chi connectivity index (χ0) is 22.0. The topological polar surface area (TPSA) is 156 Å². The predicted molar refractivity (Wildman–Crippen MR) is 119 cm³/mol. The smallest absolute Gasteiger partial charge is 0.334 e. The molecule has 0 fully saturated rings. The Bertz CT molecular complexity index is 1470. The van der Waals surface area contributed by atoms with E-state index in [9.17, 15) is 19.2 Å². The molecule has 0 radical (unpaired) electrons. The minimum Gasteiger partial charge on any atom is -0.383 e. The number of anilines is 2. The predicted octanol–water partition coefficient (Wildman–Crippen LogP) is 1.08. The number of amides is 1. The highest BCUT2D eigenvalue weighted by Gasteiger charge is 2.14. The fraction of sp³-hybridized carbons (Fsp3) is 0.0500. The first kappa shape index (κ1) is 20.2. The summed E-state index contributed by atoms with van der Waals surface area (Å²) in [5.41, 5.74) is 4.27. The van der Waals surface area contributed by atoms with E-state index in [0.717, 1.165) is 34.7 Å². The number of nitrogens with zero attached hydrogens (tertiary/aromatic N) is 2. The lowest BCUT2D eigenvalue weighted by molar-refractivity contribution is -0.113. The van der Waals surface area contributed by atoms with Crippen LogP contribution in [0.2, 0.25) is 0 Å². The van der Waals surface area contributed by atoms with Gasteiger partial charge in [-0.25, -0.2) is 14.3 Å². The number of nitrogens with one attached hydrogen (secondary N) is 3. The number of thioether (sulfide) groups is 1. The largest absolute Gasteiger partial charge is 0.383 e. The highest BCUT2D eigenvalue weighted by molar-refractivity contribution is 7.99. The van der Waals surface area contributed by atoms with E-state index in [1.54, 1.807) is 12.1 Å². The highest BCUT2D eigenvalue weighted by Crippen LogP contribution is 2.23. The number of hydrogen-bond acceptors (Lipinski definition) is 7. The van der Waals surface area contributed by atoms with Gasteiger partial charge in [0.15, 0.2) is 5.16 Å². The molecule has 0 atom stereocenters. The van der Waals surface area contributed by atoms with Crippen LogP contribution in [-0.2, 0) is 4.79 Å². The molecule has 11 heteroatoms. The third-order valence-corrected chi connectivity index (χ3v) is 5.17. The number of carbonyl (C=O) groups is 1. The lowest BCUT2D eigenvalue weighted by Crippen LogP contribution is -2.32. The zero-order valence-corrected chi connectivity index (χ0v) is 16.7. The van der Waals surface area contributed by atoms with E-state index in [1.165, 1.54) is 4.57 Å². The van der Waals surface area contributed by atoms with Gasteiger partial charge in [-0.1, -0.05) is 48.2 Å². The molecule has 156 valence electrons. The number of rotatable bonds is 5. The van der Waals surface area contributed by atoms with Crippen LogP contribution in [0, 0.1) is 0 Å². The molecule has 2 heterocycles. The fourth-order valence-electron chi connectivity index (χ4n) is 3.06. The molecular weight excluding hydrogens is 420 g/mol. The minimum atomic E-state index is -0.686. The Balaban J connectivity index is 1.67. The second kappa shape index (κ2) is 8.32. The van der Waals surface area contributed by atoms with Crippen molar-refractivity contribution in [1.82, 2.24) is 19.5 Å².